The maximum Gasteiger partial charge on any atom is 0.145 e. The molecule has 0 radical (unpaired) electrons. The topological polar surface area (TPSA) is 26.0 Å². The third kappa shape index (κ3) is 3.36. The third-order valence-electron chi connectivity index (χ3n) is 8.10. The summed E-state index contributed by atoms with van der Waals surface area (Å²) in [7, 11) is 0. The Kier molecular flexibility index (Phi) is 5.06. The molecule has 0 atom stereocenters. The van der Waals surface area contributed by atoms with E-state index in [-0.39, 0.29) is 5.41 Å². The van der Waals surface area contributed by atoms with Crippen molar-refractivity contribution in [1.82, 2.24) is 4.98 Å². The van der Waals surface area contributed by atoms with Crippen LogP contribution in [0.1, 0.15) is 50.7 Å². The van der Waals surface area contributed by atoms with Crippen molar-refractivity contribution in [2.45, 2.75) is 51.9 Å². The standard InChI is InChI=1S/C32H31NO/c1-21-16-17-26(28-20-24(18-19-33-28)32(2,3)23-12-7-8-13-23)31-29(21)27-15-9-14-25(30(27)34-31)22-10-5-4-6-11-22/h4-6,9-11,14-20,23H,7-8,12-13H2,1-3H3. The van der Waals surface area contributed by atoms with Crippen molar-refractivity contribution in [2.75, 3.05) is 0 Å². The second-order valence-electron chi connectivity index (χ2n) is 10.4. The van der Waals surface area contributed by atoms with Gasteiger partial charge in [0.25, 0.3) is 0 Å². The van der Waals surface area contributed by atoms with E-state index in [2.05, 4.69) is 93.6 Å². The molecule has 2 heteroatoms. The van der Waals surface area contributed by atoms with Crippen LogP contribution in [-0.4, -0.2) is 4.98 Å². The number of fused-ring (bicyclic) bond motifs is 3. The first-order valence-corrected chi connectivity index (χ1v) is 12.5. The predicted octanol–water partition coefficient (Wildman–Crippen LogP) is 9.09. The van der Waals surface area contributed by atoms with E-state index in [1.54, 1.807) is 0 Å². The van der Waals surface area contributed by atoms with E-state index in [0.717, 1.165) is 39.3 Å². The molecular formula is C32H31NO. The monoisotopic (exact) mass is 445 g/mol. The van der Waals surface area contributed by atoms with E-state index in [1.165, 1.54) is 47.8 Å². The lowest BCUT2D eigenvalue weighted by Gasteiger charge is -2.32. The third-order valence-corrected chi connectivity index (χ3v) is 8.10. The maximum atomic E-state index is 6.69. The van der Waals surface area contributed by atoms with Crippen molar-refractivity contribution in [3.8, 4) is 22.4 Å². The lowest BCUT2D eigenvalue weighted by Crippen LogP contribution is -2.26. The summed E-state index contributed by atoms with van der Waals surface area (Å²) in [6, 6.07) is 25.9. The molecule has 6 rings (SSSR count). The molecule has 5 aromatic rings. The number of benzene rings is 3. The minimum absolute atomic E-state index is 0.145. The zero-order valence-corrected chi connectivity index (χ0v) is 20.3. The van der Waals surface area contributed by atoms with Crippen LogP contribution in [0.2, 0.25) is 0 Å². The van der Waals surface area contributed by atoms with E-state index in [1.807, 2.05) is 6.20 Å². The number of para-hydroxylation sites is 1. The maximum absolute atomic E-state index is 6.69. The molecule has 2 nitrogen and oxygen atoms in total. The average molecular weight is 446 g/mol. The number of rotatable bonds is 4. The highest BCUT2D eigenvalue weighted by Crippen LogP contribution is 2.44. The van der Waals surface area contributed by atoms with Gasteiger partial charge in [0.05, 0.1) is 5.69 Å². The van der Waals surface area contributed by atoms with E-state index < -0.39 is 0 Å². The summed E-state index contributed by atoms with van der Waals surface area (Å²) in [6.45, 7) is 6.98. The average Bonchev–Trinajstić information content (AvgIpc) is 3.54. The Morgan fingerprint density at radius 2 is 1.62 bits per heavy atom. The van der Waals surface area contributed by atoms with Crippen LogP contribution in [0.15, 0.2) is 83.4 Å². The minimum atomic E-state index is 0.145. The molecule has 3 aromatic carbocycles. The molecule has 0 amide bonds. The Balaban J connectivity index is 1.55. The Morgan fingerprint density at radius 1 is 0.824 bits per heavy atom. The first-order valence-electron chi connectivity index (χ1n) is 12.5. The van der Waals surface area contributed by atoms with Crippen LogP contribution in [0.25, 0.3) is 44.3 Å². The fraction of sp³-hybridized carbons (Fsp3) is 0.281. The smallest absolute Gasteiger partial charge is 0.145 e. The van der Waals surface area contributed by atoms with Gasteiger partial charge in [0.15, 0.2) is 0 Å². The van der Waals surface area contributed by atoms with Crippen molar-refractivity contribution in [3.05, 3.63) is 90.1 Å². The van der Waals surface area contributed by atoms with E-state index in [0.29, 0.717) is 0 Å². The van der Waals surface area contributed by atoms with Gasteiger partial charge in [-0.05, 0) is 66.0 Å². The van der Waals surface area contributed by atoms with Gasteiger partial charge in [0.1, 0.15) is 11.2 Å². The summed E-state index contributed by atoms with van der Waals surface area (Å²) in [6.07, 6.45) is 7.34. The van der Waals surface area contributed by atoms with E-state index in [9.17, 15) is 0 Å². The van der Waals surface area contributed by atoms with E-state index >= 15 is 0 Å². The van der Waals surface area contributed by atoms with Gasteiger partial charge in [-0.15, -0.1) is 0 Å². The summed E-state index contributed by atoms with van der Waals surface area (Å²) in [4.78, 5) is 4.82. The van der Waals surface area contributed by atoms with Gasteiger partial charge in [-0.3, -0.25) is 4.98 Å². The largest absolute Gasteiger partial charge is 0.455 e. The molecule has 1 fully saturated rings. The number of nitrogens with zero attached hydrogens (tertiary/aromatic N) is 1. The normalized spacial score (nSPS) is 14.9. The Morgan fingerprint density at radius 3 is 2.41 bits per heavy atom. The lowest BCUT2D eigenvalue weighted by atomic mass is 9.72. The molecule has 2 heterocycles. The second kappa shape index (κ2) is 8.13. The molecule has 0 unspecified atom stereocenters. The van der Waals surface area contributed by atoms with E-state index in [4.69, 9.17) is 9.40 Å². The Hall–Kier alpha value is -3.39. The van der Waals surface area contributed by atoms with Crippen LogP contribution < -0.4 is 0 Å². The van der Waals surface area contributed by atoms with Gasteiger partial charge in [-0.25, -0.2) is 0 Å². The molecular weight excluding hydrogens is 414 g/mol. The Bertz CT molecular complexity index is 1490. The number of furan rings is 1. The van der Waals surface area contributed by atoms with Crippen molar-refractivity contribution in [2.24, 2.45) is 5.92 Å². The SMILES string of the molecule is Cc1ccc(-c2cc(C(C)(C)C3CCCC3)ccn2)c2oc3c(-c4ccccc4)cccc3c12. The number of aryl methyl sites for hydroxylation is 1. The van der Waals surface area contributed by atoms with Crippen molar-refractivity contribution in [1.29, 1.82) is 0 Å². The fourth-order valence-corrected chi connectivity index (χ4v) is 5.98. The van der Waals surface area contributed by atoms with Gasteiger partial charge < -0.3 is 4.42 Å². The summed E-state index contributed by atoms with van der Waals surface area (Å²) >= 11 is 0. The molecule has 1 saturated carbocycles. The van der Waals surface area contributed by atoms with Gasteiger partial charge in [0.2, 0.25) is 0 Å². The first-order chi connectivity index (χ1) is 16.5. The van der Waals surface area contributed by atoms with Crippen LogP contribution in [0.4, 0.5) is 0 Å². The van der Waals surface area contributed by atoms with Gasteiger partial charge in [0, 0.05) is 28.1 Å². The predicted molar refractivity (Wildman–Crippen MR) is 142 cm³/mol. The van der Waals surface area contributed by atoms with Gasteiger partial charge >= 0.3 is 0 Å². The zero-order valence-electron chi connectivity index (χ0n) is 20.3. The second-order valence-corrected chi connectivity index (χ2v) is 10.4. The molecule has 0 bridgehead atoms. The number of hydrogen-bond acceptors (Lipinski definition) is 2. The number of pyridine rings is 1. The van der Waals surface area contributed by atoms with Crippen LogP contribution in [0, 0.1) is 12.8 Å². The minimum Gasteiger partial charge on any atom is -0.455 e. The summed E-state index contributed by atoms with van der Waals surface area (Å²) in [5.74, 6) is 0.736. The van der Waals surface area contributed by atoms with Crippen LogP contribution in [0.5, 0.6) is 0 Å². The van der Waals surface area contributed by atoms with Crippen molar-refractivity contribution in [3.63, 3.8) is 0 Å². The quantitative estimate of drug-likeness (QED) is 0.276. The Labute approximate surface area is 201 Å². The molecule has 1 aliphatic carbocycles. The number of aromatic nitrogens is 1. The van der Waals surface area contributed by atoms with Crippen molar-refractivity contribution < 1.29 is 4.42 Å². The molecule has 0 saturated heterocycles. The van der Waals surface area contributed by atoms with Crippen LogP contribution >= 0.6 is 0 Å². The highest BCUT2D eigenvalue weighted by molar-refractivity contribution is 6.14. The van der Waals surface area contributed by atoms with Crippen LogP contribution in [-0.2, 0) is 5.41 Å². The molecule has 0 aliphatic heterocycles. The highest BCUT2D eigenvalue weighted by atomic mass is 16.3. The molecule has 170 valence electrons. The van der Waals surface area contributed by atoms with Crippen LogP contribution in [0.3, 0.4) is 0 Å². The molecule has 2 aromatic heterocycles. The highest BCUT2D eigenvalue weighted by Gasteiger charge is 2.33. The lowest BCUT2D eigenvalue weighted by molar-refractivity contribution is 0.325. The zero-order chi connectivity index (χ0) is 23.3. The molecule has 34 heavy (non-hydrogen) atoms. The first kappa shape index (κ1) is 21.2. The molecule has 1 aliphatic rings. The van der Waals surface area contributed by atoms with Gasteiger partial charge in [-0.2, -0.15) is 0 Å². The molecule has 0 N–H and O–H groups in total. The fourth-order valence-electron chi connectivity index (χ4n) is 5.98. The molecule has 0 spiro atoms. The number of hydrogen-bond donors (Lipinski definition) is 0. The summed E-state index contributed by atoms with van der Waals surface area (Å²) in [5, 5.41) is 2.35. The van der Waals surface area contributed by atoms with Gasteiger partial charge in [-0.1, -0.05) is 81.3 Å². The van der Waals surface area contributed by atoms with Crippen molar-refractivity contribution >= 4 is 21.9 Å². The summed E-state index contributed by atoms with van der Waals surface area (Å²) in [5.41, 5.74) is 8.99. The summed E-state index contributed by atoms with van der Waals surface area (Å²) < 4.78 is 6.69.